The van der Waals surface area contributed by atoms with E-state index in [0.717, 1.165) is 12.8 Å². The van der Waals surface area contributed by atoms with Gasteiger partial charge in [0.2, 0.25) is 0 Å². The van der Waals surface area contributed by atoms with Crippen molar-refractivity contribution in [3.63, 3.8) is 0 Å². The number of aromatic nitrogens is 2. The Bertz CT molecular complexity index is 373. The minimum atomic E-state index is -3.46. The molecule has 0 aliphatic carbocycles. The molecule has 1 aromatic heterocycles. The smallest absolute Gasteiger partial charge is 0.257 e. The molecular formula is C8H16N4O2S. The van der Waals surface area contributed by atoms with Crippen LogP contribution >= 0.6 is 0 Å². The molecule has 0 saturated carbocycles. The third kappa shape index (κ3) is 3.61. The fraction of sp³-hybridized carbons (Fsp3) is 0.625. The van der Waals surface area contributed by atoms with Gasteiger partial charge in [0.25, 0.3) is 10.0 Å². The van der Waals surface area contributed by atoms with Gasteiger partial charge < -0.3 is 10.7 Å². The van der Waals surface area contributed by atoms with Crippen molar-refractivity contribution in [2.24, 2.45) is 5.73 Å². The van der Waals surface area contributed by atoms with Gasteiger partial charge in [0.1, 0.15) is 0 Å². The van der Waals surface area contributed by atoms with Crippen LogP contribution in [0.2, 0.25) is 0 Å². The number of sulfonamides is 1. The zero-order chi connectivity index (χ0) is 11.3. The van der Waals surface area contributed by atoms with Crippen LogP contribution in [0.25, 0.3) is 0 Å². The Balaban J connectivity index is 2.57. The molecule has 7 heteroatoms. The van der Waals surface area contributed by atoms with E-state index < -0.39 is 10.0 Å². The van der Waals surface area contributed by atoms with Crippen molar-refractivity contribution in [1.29, 1.82) is 0 Å². The minimum Gasteiger partial charge on any atom is -0.335 e. The van der Waals surface area contributed by atoms with Gasteiger partial charge in [-0.3, -0.25) is 0 Å². The van der Waals surface area contributed by atoms with Gasteiger partial charge in [-0.2, -0.15) is 0 Å². The van der Waals surface area contributed by atoms with E-state index in [-0.39, 0.29) is 11.1 Å². The summed E-state index contributed by atoms with van der Waals surface area (Å²) in [5.74, 6) is 0. The number of hydrogen-bond donors (Lipinski definition) is 3. The van der Waals surface area contributed by atoms with Crippen LogP contribution in [-0.2, 0) is 10.0 Å². The molecule has 0 radical (unpaired) electrons. The lowest BCUT2D eigenvalue weighted by Crippen LogP contribution is -2.33. The van der Waals surface area contributed by atoms with Crippen LogP contribution in [0, 0.1) is 0 Å². The van der Waals surface area contributed by atoms with E-state index in [1.54, 1.807) is 0 Å². The van der Waals surface area contributed by atoms with E-state index in [0.29, 0.717) is 6.54 Å². The standard InChI is InChI=1S/C8H16N4O2S/c1-7(3-2-4-9)12-15(13,14)8-5-10-6-11-8/h5-7,12H,2-4,9H2,1H3,(H,10,11). The van der Waals surface area contributed by atoms with Crippen LogP contribution in [0.1, 0.15) is 19.8 Å². The summed E-state index contributed by atoms with van der Waals surface area (Å²) in [6.45, 7) is 2.37. The monoisotopic (exact) mass is 232 g/mol. The Morgan fingerprint density at radius 1 is 1.67 bits per heavy atom. The van der Waals surface area contributed by atoms with Gasteiger partial charge >= 0.3 is 0 Å². The molecule has 4 N–H and O–H groups in total. The van der Waals surface area contributed by atoms with E-state index in [1.807, 2.05) is 6.92 Å². The molecule has 1 unspecified atom stereocenters. The Kier molecular flexibility index (Phi) is 4.25. The number of rotatable bonds is 6. The lowest BCUT2D eigenvalue weighted by molar-refractivity contribution is 0.536. The second-order valence-corrected chi connectivity index (χ2v) is 5.05. The molecule has 1 aromatic rings. The first-order valence-corrected chi connectivity index (χ1v) is 6.25. The predicted molar refractivity (Wildman–Crippen MR) is 56.7 cm³/mol. The maximum Gasteiger partial charge on any atom is 0.257 e. The van der Waals surface area contributed by atoms with Crippen LogP contribution in [0.5, 0.6) is 0 Å². The Labute approximate surface area is 89.3 Å². The van der Waals surface area contributed by atoms with E-state index in [2.05, 4.69) is 14.7 Å². The van der Waals surface area contributed by atoms with Crippen molar-refractivity contribution in [1.82, 2.24) is 14.7 Å². The minimum absolute atomic E-state index is 0.0853. The Hall–Kier alpha value is -0.920. The van der Waals surface area contributed by atoms with Gasteiger partial charge in [0, 0.05) is 6.04 Å². The molecule has 0 fully saturated rings. The number of H-pyrrole nitrogens is 1. The zero-order valence-corrected chi connectivity index (χ0v) is 9.42. The largest absolute Gasteiger partial charge is 0.335 e. The van der Waals surface area contributed by atoms with Crippen LogP contribution in [0.4, 0.5) is 0 Å². The van der Waals surface area contributed by atoms with Gasteiger partial charge in [-0.25, -0.2) is 18.1 Å². The number of nitrogens with one attached hydrogen (secondary N) is 2. The normalized spacial score (nSPS) is 14.0. The molecule has 6 nitrogen and oxygen atoms in total. The zero-order valence-electron chi connectivity index (χ0n) is 8.60. The SMILES string of the molecule is CC(CCCN)NS(=O)(=O)c1cnc[nH]1. The fourth-order valence-electron chi connectivity index (χ4n) is 1.20. The predicted octanol–water partition coefficient (Wildman–Crippen LogP) is -0.185. The summed E-state index contributed by atoms with van der Waals surface area (Å²) in [5, 5.41) is 0.0853. The van der Waals surface area contributed by atoms with Gasteiger partial charge in [0.05, 0.1) is 12.5 Å². The third-order valence-corrected chi connectivity index (χ3v) is 3.48. The van der Waals surface area contributed by atoms with Crippen molar-refractivity contribution in [2.75, 3.05) is 6.54 Å². The summed E-state index contributed by atoms with van der Waals surface area (Å²) in [4.78, 5) is 6.22. The number of aromatic amines is 1. The van der Waals surface area contributed by atoms with E-state index in [4.69, 9.17) is 5.73 Å². The number of nitrogens with zero attached hydrogens (tertiary/aromatic N) is 1. The topological polar surface area (TPSA) is 101 Å². The molecule has 0 aliphatic rings. The molecule has 15 heavy (non-hydrogen) atoms. The lowest BCUT2D eigenvalue weighted by Gasteiger charge is -2.12. The second-order valence-electron chi connectivity index (χ2n) is 3.37. The molecule has 0 spiro atoms. The lowest BCUT2D eigenvalue weighted by atomic mass is 10.2. The first-order valence-electron chi connectivity index (χ1n) is 4.77. The highest BCUT2D eigenvalue weighted by atomic mass is 32.2. The van der Waals surface area contributed by atoms with E-state index in [1.165, 1.54) is 12.5 Å². The first kappa shape index (κ1) is 12.2. The molecule has 86 valence electrons. The van der Waals surface area contributed by atoms with Gasteiger partial charge in [-0.15, -0.1) is 0 Å². The van der Waals surface area contributed by atoms with Crippen LogP contribution in [0.3, 0.4) is 0 Å². The fourth-order valence-corrected chi connectivity index (χ4v) is 2.38. The second kappa shape index (κ2) is 5.24. The summed E-state index contributed by atoms with van der Waals surface area (Å²) in [5.41, 5.74) is 5.34. The third-order valence-electron chi connectivity index (χ3n) is 1.96. The van der Waals surface area contributed by atoms with Crippen LogP contribution in [-0.4, -0.2) is 31.0 Å². The molecule has 0 bridgehead atoms. The van der Waals surface area contributed by atoms with Crippen molar-refractivity contribution in [2.45, 2.75) is 30.8 Å². The van der Waals surface area contributed by atoms with Gasteiger partial charge in [-0.1, -0.05) is 0 Å². The highest BCUT2D eigenvalue weighted by molar-refractivity contribution is 7.89. The van der Waals surface area contributed by atoms with Crippen molar-refractivity contribution >= 4 is 10.0 Å². The maximum absolute atomic E-state index is 11.7. The summed E-state index contributed by atoms with van der Waals surface area (Å²) in [7, 11) is -3.46. The molecule has 0 amide bonds. The molecule has 0 aromatic carbocycles. The molecule has 1 rings (SSSR count). The molecular weight excluding hydrogens is 216 g/mol. The molecule has 1 atom stereocenters. The summed E-state index contributed by atoms with van der Waals surface area (Å²) in [6.07, 6.45) is 4.13. The van der Waals surface area contributed by atoms with E-state index in [9.17, 15) is 8.42 Å². The number of nitrogens with two attached hydrogens (primary N) is 1. The average Bonchev–Trinajstić information content (AvgIpc) is 2.67. The maximum atomic E-state index is 11.7. The number of imidazole rings is 1. The van der Waals surface area contributed by atoms with Crippen molar-refractivity contribution in [3.05, 3.63) is 12.5 Å². The Morgan fingerprint density at radius 3 is 2.93 bits per heavy atom. The van der Waals surface area contributed by atoms with Crippen LogP contribution in [0.15, 0.2) is 17.6 Å². The Morgan fingerprint density at radius 2 is 2.40 bits per heavy atom. The summed E-state index contributed by atoms with van der Waals surface area (Å²) < 4.78 is 25.8. The molecule has 1 heterocycles. The molecule has 0 saturated heterocycles. The first-order chi connectivity index (χ1) is 7.06. The quantitative estimate of drug-likeness (QED) is 0.633. The number of hydrogen-bond acceptors (Lipinski definition) is 4. The van der Waals surface area contributed by atoms with Crippen LogP contribution < -0.4 is 10.5 Å². The highest BCUT2D eigenvalue weighted by Gasteiger charge is 2.17. The van der Waals surface area contributed by atoms with Crippen molar-refractivity contribution in [3.8, 4) is 0 Å². The van der Waals surface area contributed by atoms with Gasteiger partial charge in [-0.05, 0) is 26.3 Å². The summed E-state index contributed by atoms with van der Waals surface area (Å²) in [6, 6.07) is -0.123. The highest BCUT2D eigenvalue weighted by Crippen LogP contribution is 2.05. The molecule has 0 aliphatic heterocycles. The van der Waals surface area contributed by atoms with Gasteiger partial charge in [0.15, 0.2) is 5.03 Å². The summed E-state index contributed by atoms with van der Waals surface area (Å²) >= 11 is 0. The van der Waals surface area contributed by atoms with Crippen molar-refractivity contribution < 1.29 is 8.42 Å². The average molecular weight is 232 g/mol. The van der Waals surface area contributed by atoms with E-state index >= 15 is 0 Å².